The van der Waals surface area contributed by atoms with E-state index >= 15 is 0 Å². The molecule has 0 aromatic rings. The van der Waals surface area contributed by atoms with Crippen molar-refractivity contribution in [1.29, 1.82) is 5.26 Å². The second-order valence-corrected chi connectivity index (χ2v) is 5.51. The average Bonchev–Trinajstić information content (AvgIpc) is 2.10. The molecule has 1 aliphatic carbocycles. The zero-order valence-corrected chi connectivity index (χ0v) is 10.4. The number of nitriles is 1. The van der Waals surface area contributed by atoms with Gasteiger partial charge in [0, 0.05) is 19.0 Å². The van der Waals surface area contributed by atoms with Crippen molar-refractivity contribution < 1.29 is 0 Å². The van der Waals surface area contributed by atoms with Gasteiger partial charge in [-0.25, -0.2) is 0 Å². The van der Waals surface area contributed by atoms with Gasteiger partial charge in [0.1, 0.15) is 0 Å². The van der Waals surface area contributed by atoms with Crippen molar-refractivity contribution in [3.8, 4) is 6.07 Å². The fourth-order valence-corrected chi connectivity index (χ4v) is 2.51. The average molecular weight is 206 g/mol. The maximum absolute atomic E-state index is 8.58. The molecule has 0 aliphatic heterocycles. The topological polar surface area (TPSA) is 27.0 Å². The summed E-state index contributed by atoms with van der Waals surface area (Å²) in [4.78, 5) is 2.30. The lowest BCUT2D eigenvalue weighted by molar-refractivity contribution is 0.189. The summed E-state index contributed by atoms with van der Waals surface area (Å²) in [7, 11) is 2.12. The van der Waals surface area contributed by atoms with Crippen LogP contribution in [0.5, 0.6) is 0 Å². The molecule has 0 heterocycles. The Hall–Kier alpha value is -0.810. The van der Waals surface area contributed by atoms with Gasteiger partial charge in [-0.2, -0.15) is 5.26 Å². The van der Waals surface area contributed by atoms with Crippen LogP contribution in [0.3, 0.4) is 0 Å². The number of allylic oxidation sites excluding steroid dienone is 1. The first-order chi connectivity index (χ1) is 6.94. The Morgan fingerprint density at radius 1 is 1.60 bits per heavy atom. The van der Waals surface area contributed by atoms with Gasteiger partial charge >= 0.3 is 0 Å². The van der Waals surface area contributed by atoms with Crippen molar-refractivity contribution in [2.45, 2.75) is 46.1 Å². The largest absolute Gasteiger partial charge is 0.299 e. The Morgan fingerprint density at radius 3 is 2.80 bits per heavy atom. The minimum Gasteiger partial charge on any atom is -0.299 e. The van der Waals surface area contributed by atoms with Crippen LogP contribution in [0.15, 0.2) is 11.6 Å². The standard InChI is InChI=1S/C13H22N2/c1-11-8-12(10-13(2,3)9-11)15(4)7-5-6-14/h8,12H,5,7,9-10H2,1-4H3. The third kappa shape index (κ3) is 3.68. The molecule has 0 saturated carbocycles. The molecule has 0 fully saturated rings. The number of nitrogens with zero attached hydrogens (tertiary/aromatic N) is 2. The molecule has 1 atom stereocenters. The van der Waals surface area contributed by atoms with Gasteiger partial charge in [-0.05, 0) is 32.2 Å². The molecule has 0 aromatic heterocycles. The maximum atomic E-state index is 8.58. The Balaban J connectivity index is 2.62. The summed E-state index contributed by atoms with van der Waals surface area (Å²) in [5, 5.41) is 8.58. The molecular formula is C13H22N2. The van der Waals surface area contributed by atoms with Crippen LogP contribution in [0.2, 0.25) is 0 Å². The van der Waals surface area contributed by atoms with Crippen molar-refractivity contribution in [1.82, 2.24) is 4.90 Å². The van der Waals surface area contributed by atoms with Crippen molar-refractivity contribution in [3.05, 3.63) is 11.6 Å². The summed E-state index contributed by atoms with van der Waals surface area (Å²) in [6, 6.07) is 2.72. The molecule has 0 N–H and O–H groups in total. The highest BCUT2D eigenvalue weighted by atomic mass is 15.1. The second kappa shape index (κ2) is 4.81. The zero-order valence-electron chi connectivity index (χ0n) is 10.4. The van der Waals surface area contributed by atoms with Crippen LogP contribution in [0.25, 0.3) is 0 Å². The van der Waals surface area contributed by atoms with Gasteiger partial charge in [-0.1, -0.05) is 25.5 Å². The molecule has 0 aromatic carbocycles. The van der Waals surface area contributed by atoms with E-state index in [1.165, 1.54) is 18.4 Å². The number of likely N-dealkylation sites (N-methyl/N-ethyl adjacent to an activating group) is 1. The minimum absolute atomic E-state index is 0.407. The molecule has 1 unspecified atom stereocenters. The predicted octanol–water partition coefficient (Wildman–Crippen LogP) is 2.97. The summed E-state index contributed by atoms with van der Waals surface area (Å²) in [5.41, 5.74) is 1.89. The monoisotopic (exact) mass is 206 g/mol. The molecule has 1 rings (SSSR count). The summed E-state index contributed by atoms with van der Waals surface area (Å²) in [5.74, 6) is 0. The van der Waals surface area contributed by atoms with E-state index < -0.39 is 0 Å². The molecule has 0 bridgehead atoms. The van der Waals surface area contributed by atoms with E-state index in [-0.39, 0.29) is 0 Å². The zero-order chi connectivity index (χ0) is 11.5. The van der Waals surface area contributed by atoms with Gasteiger partial charge in [0.25, 0.3) is 0 Å². The Kier molecular flexibility index (Phi) is 3.93. The van der Waals surface area contributed by atoms with E-state index in [1.54, 1.807) is 0 Å². The van der Waals surface area contributed by atoms with Crippen molar-refractivity contribution in [3.63, 3.8) is 0 Å². The molecule has 2 heteroatoms. The maximum Gasteiger partial charge on any atom is 0.0635 e. The summed E-state index contributed by atoms with van der Waals surface area (Å²) >= 11 is 0. The lowest BCUT2D eigenvalue weighted by Crippen LogP contribution is -2.37. The Labute approximate surface area is 93.6 Å². The molecule has 0 saturated heterocycles. The smallest absolute Gasteiger partial charge is 0.0635 e. The van der Waals surface area contributed by atoms with Crippen LogP contribution < -0.4 is 0 Å². The van der Waals surface area contributed by atoms with Gasteiger partial charge in [0.2, 0.25) is 0 Å². The number of rotatable bonds is 3. The SMILES string of the molecule is CC1=CC(N(C)CCC#N)CC(C)(C)C1. The molecule has 0 spiro atoms. The van der Waals surface area contributed by atoms with Gasteiger partial charge in [0.05, 0.1) is 6.07 Å². The van der Waals surface area contributed by atoms with Gasteiger partial charge in [0.15, 0.2) is 0 Å². The van der Waals surface area contributed by atoms with Crippen LogP contribution in [-0.4, -0.2) is 24.5 Å². The van der Waals surface area contributed by atoms with E-state index in [2.05, 4.69) is 44.9 Å². The third-order valence-electron chi connectivity index (χ3n) is 3.14. The van der Waals surface area contributed by atoms with Crippen LogP contribution in [0.4, 0.5) is 0 Å². The first-order valence-corrected chi connectivity index (χ1v) is 5.69. The lowest BCUT2D eigenvalue weighted by atomic mass is 9.75. The van der Waals surface area contributed by atoms with Crippen LogP contribution >= 0.6 is 0 Å². The highest BCUT2D eigenvalue weighted by Gasteiger charge is 2.28. The van der Waals surface area contributed by atoms with Crippen LogP contribution in [0.1, 0.15) is 40.0 Å². The highest BCUT2D eigenvalue weighted by molar-refractivity contribution is 5.12. The molecule has 0 radical (unpaired) electrons. The second-order valence-electron chi connectivity index (χ2n) is 5.51. The molecule has 2 nitrogen and oxygen atoms in total. The van der Waals surface area contributed by atoms with Crippen molar-refractivity contribution >= 4 is 0 Å². The molecule has 1 aliphatic rings. The van der Waals surface area contributed by atoms with E-state index in [4.69, 9.17) is 5.26 Å². The normalized spacial score (nSPS) is 24.8. The Bertz CT molecular complexity index is 283. The van der Waals surface area contributed by atoms with E-state index in [1.807, 2.05) is 0 Å². The van der Waals surface area contributed by atoms with Gasteiger partial charge in [-0.3, -0.25) is 4.90 Å². The first kappa shape index (κ1) is 12.3. The van der Waals surface area contributed by atoms with E-state index in [9.17, 15) is 0 Å². The number of hydrogen-bond donors (Lipinski definition) is 0. The quantitative estimate of drug-likeness (QED) is 0.664. The fraction of sp³-hybridized carbons (Fsp3) is 0.769. The number of hydrogen-bond acceptors (Lipinski definition) is 2. The minimum atomic E-state index is 0.407. The summed E-state index contributed by atoms with van der Waals surface area (Å²) in [6.45, 7) is 7.75. The molecule has 84 valence electrons. The fourth-order valence-electron chi connectivity index (χ4n) is 2.51. The summed E-state index contributed by atoms with van der Waals surface area (Å²) < 4.78 is 0. The third-order valence-corrected chi connectivity index (χ3v) is 3.14. The van der Waals surface area contributed by atoms with Crippen molar-refractivity contribution in [2.24, 2.45) is 5.41 Å². The van der Waals surface area contributed by atoms with Crippen LogP contribution in [-0.2, 0) is 0 Å². The van der Waals surface area contributed by atoms with E-state index in [0.29, 0.717) is 17.9 Å². The predicted molar refractivity (Wildman–Crippen MR) is 63.4 cm³/mol. The lowest BCUT2D eigenvalue weighted by Gasteiger charge is -2.38. The Morgan fingerprint density at radius 2 is 2.27 bits per heavy atom. The van der Waals surface area contributed by atoms with E-state index in [0.717, 1.165) is 6.54 Å². The molecule has 0 amide bonds. The van der Waals surface area contributed by atoms with Gasteiger partial charge < -0.3 is 0 Å². The van der Waals surface area contributed by atoms with Crippen molar-refractivity contribution in [2.75, 3.05) is 13.6 Å². The summed E-state index contributed by atoms with van der Waals surface area (Å²) in [6.07, 6.45) is 5.39. The molecular weight excluding hydrogens is 184 g/mol. The highest BCUT2D eigenvalue weighted by Crippen LogP contribution is 2.36. The van der Waals surface area contributed by atoms with Crippen LogP contribution in [0, 0.1) is 16.7 Å². The first-order valence-electron chi connectivity index (χ1n) is 5.69. The van der Waals surface area contributed by atoms with Gasteiger partial charge in [-0.15, -0.1) is 0 Å². The molecule has 15 heavy (non-hydrogen) atoms.